The van der Waals surface area contributed by atoms with Gasteiger partial charge in [0.15, 0.2) is 9.84 Å². The van der Waals surface area contributed by atoms with Gasteiger partial charge in [0.25, 0.3) is 0 Å². The van der Waals surface area contributed by atoms with Gasteiger partial charge in [0.2, 0.25) is 0 Å². The highest BCUT2D eigenvalue weighted by molar-refractivity contribution is 7.91. The molecule has 12 heteroatoms. The molecule has 5 nitrogen and oxygen atoms in total. The Hall–Kier alpha value is -2.89. The van der Waals surface area contributed by atoms with Crippen LogP contribution in [0.5, 0.6) is 0 Å². The number of benzene rings is 1. The SMILES string of the molecule is CCS(=O)(=O)c1cc(C(F)(F)F)cnc1-c1cn(-c2ccc(C(F)(F)F)cc2)cn1. The Balaban J connectivity index is 2.06. The predicted octanol–water partition coefficient (Wildman–Crippen LogP) is 4.77. The lowest BCUT2D eigenvalue weighted by molar-refractivity contribution is -0.138. The van der Waals surface area contributed by atoms with E-state index in [9.17, 15) is 34.8 Å². The molecule has 0 amide bonds. The summed E-state index contributed by atoms with van der Waals surface area (Å²) in [5, 5.41) is 0. The van der Waals surface area contributed by atoms with E-state index >= 15 is 0 Å². The van der Waals surface area contributed by atoms with Crippen LogP contribution >= 0.6 is 0 Å². The normalized spacial score (nSPS) is 12.9. The van der Waals surface area contributed by atoms with Gasteiger partial charge in [-0.05, 0) is 30.3 Å². The van der Waals surface area contributed by atoms with Crippen LogP contribution in [-0.2, 0) is 22.2 Å². The molecule has 0 radical (unpaired) electrons. The molecule has 0 saturated carbocycles. The van der Waals surface area contributed by atoms with Crippen molar-refractivity contribution in [3.63, 3.8) is 0 Å². The van der Waals surface area contributed by atoms with E-state index in [1.54, 1.807) is 0 Å². The van der Waals surface area contributed by atoms with Gasteiger partial charge in [-0.3, -0.25) is 4.98 Å². The van der Waals surface area contributed by atoms with Crippen molar-refractivity contribution < 1.29 is 34.8 Å². The van der Waals surface area contributed by atoms with Crippen molar-refractivity contribution in [1.29, 1.82) is 0 Å². The fourth-order valence-corrected chi connectivity index (χ4v) is 3.66. The lowest BCUT2D eigenvalue weighted by atomic mass is 10.2. The standard InChI is InChI=1S/C18H13F6N3O2S/c1-2-30(28,29)15-7-12(18(22,23)24)8-25-16(15)14-9-27(10-26-14)13-5-3-11(4-6-13)17(19,20)21/h3-10H,2H2,1H3. The van der Waals surface area contributed by atoms with Crippen molar-refractivity contribution in [2.24, 2.45) is 0 Å². The zero-order chi connectivity index (χ0) is 22.3. The quantitative estimate of drug-likeness (QED) is 0.539. The Labute approximate surface area is 166 Å². The van der Waals surface area contributed by atoms with Crippen LogP contribution in [0.15, 0.2) is 53.9 Å². The number of hydrogen-bond acceptors (Lipinski definition) is 4. The van der Waals surface area contributed by atoms with Crippen molar-refractivity contribution in [3.8, 4) is 17.1 Å². The molecule has 3 aromatic rings. The first kappa shape index (κ1) is 21.8. The average molecular weight is 449 g/mol. The van der Waals surface area contributed by atoms with Crippen LogP contribution in [0.2, 0.25) is 0 Å². The third-order valence-corrected chi connectivity index (χ3v) is 5.95. The van der Waals surface area contributed by atoms with E-state index in [4.69, 9.17) is 0 Å². The van der Waals surface area contributed by atoms with Gasteiger partial charge < -0.3 is 4.57 Å². The largest absolute Gasteiger partial charge is 0.417 e. The second-order valence-corrected chi connectivity index (χ2v) is 8.43. The molecule has 0 aliphatic heterocycles. The number of imidazole rings is 1. The van der Waals surface area contributed by atoms with Crippen molar-refractivity contribution in [1.82, 2.24) is 14.5 Å². The van der Waals surface area contributed by atoms with Gasteiger partial charge in [-0.2, -0.15) is 26.3 Å². The maximum absolute atomic E-state index is 13.0. The molecule has 0 unspecified atom stereocenters. The summed E-state index contributed by atoms with van der Waals surface area (Å²) < 4.78 is 103. The van der Waals surface area contributed by atoms with Crippen LogP contribution in [0.25, 0.3) is 17.1 Å². The molecule has 0 atom stereocenters. The minimum atomic E-state index is -4.79. The van der Waals surface area contributed by atoms with Gasteiger partial charge in [0.05, 0.1) is 28.1 Å². The first-order valence-corrected chi connectivity index (χ1v) is 10.00. The molecule has 1 aromatic carbocycles. The summed E-state index contributed by atoms with van der Waals surface area (Å²) in [6.07, 6.45) is -6.33. The summed E-state index contributed by atoms with van der Waals surface area (Å²) in [5.74, 6) is -0.456. The van der Waals surface area contributed by atoms with Crippen LogP contribution in [0.1, 0.15) is 18.1 Å². The molecular formula is C18H13F6N3O2S. The summed E-state index contributed by atoms with van der Waals surface area (Å²) in [7, 11) is -4.07. The zero-order valence-electron chi connectivity index (χ0n) is 15.2. The predicted molar refractivity (Wildman–Crippen MR) is 94.5 cm³/mol. The number of aromatic nitrogens is 3. The number of sulfone groups is 1. The summed E-state index contributed by atoms with van der Waals surface area (Å²) >= 11 is 0. The summed E-state index contributed by atoms with van der Waals surface area (Å²) in [5.41, 5.74) is -2.12. The van der Waals surface area contributed by atoms with Gasteiger partial charge in [-0.25, -0.2) is 13.4 Å². The minimum Gasteiger partial charge on any atom is -0.306 e. The lowest BCUT2D eigenvalue weighted by Crippen LogP contribution is -2.12. The first-order valence-electron chi connectivity index (χ1n) is 8.35. The number of alkyl halides is 6. The molecule has 2 heterocycles. The van der Waals surface area contributed by atoms with Gasteiger partial charge >= 0.3 is 12.4 Å². The highest BCUT2D eigenvalue weighted by atomic mass is 32.2. The van der Waals surface area contributed by atoms with E-state index in [0.29, 0.717) is 12.3 Å². The Bertz CT molecular complexity index is 1170. The highest BCUT2D eigenvalue weighted by Crippen LogP contribution is 2.34. The monoisotopic (exact) mass is 449 g/mol. The van der Waals surface area contributed by atoms with Crippen LogP contribution in [0.4, 0.5) is 26.3 Å². The summed E-state index contributed by atoms with van der Waals surface area (Å²) in [4.78, 5) is 7.00. The molecule has 0 aliphatic rings. The average Bonchev–Trinajstić information content (AvgIpc) is 3.16. The maximum atomic E-state index is 13.0. The molecule has 0 N–H and O–H groups in total. The van der Waals surface area contributed by atoms with Crippen LogP contribution < -0.4 is 0 Å². The highest BCUT2D eigenvalue weighted by Gasteiger charge is 2.34. The van der Waals surface area contributed by atoms with Crippen LogP contribution in [0.3, 0.4) is 0 Å². The Kier molecular flexibility index (Phi) is 5.39. The smallest absolute Gasteiger partial charge is 0.306 e. The molecule has 160 valence electrons. The minimum absolute atomic E-state index is 0.0457. The molecule has 30 heavy (non-hydrogen) atoms. The molecule has 3 rings (SSSR count). The number of nitrogens with zero attached hydrogens (tertiary/aromatic N) is 3. The van der Waals surface area contributed by atoms with Gasteiger partial charge in [0.1, 0.15) is 11.4 Å². The van der Waals surface area contributed by atoms with E-state index in [2.05, 4.69) is 9.97 Å². The van der Waals surface area contributed by atoms with E-state index in [-0.39, 0.29) is 17.1 Å². The Morgan fingerprint density at radius 2 is 1.53 bits per heavy atom. The zero-order valence-corrected chi connectivity index (χ0v) is 16.0. The number of pyridine rings is 1. The Morgan fingerprint density at radius 3 is 2.07 bits per heavy atom. The van der Waals surface area contributed by atoms with Crippen molar-refractivity contribution >= 4 is 9.84 Å². The first-order chi connectivity index (χ1) is 13.8. The third-order valence-electron chi connectivity index (χ3n) is 4.21. The number of halogens is 6. The fourth-order valence-electron chi connectivity index (χ4n) is 2.59. The van der Waals surface area contributed by atoms with Crippen LogP contribution in [0, 0.1) is 0 Å². The van der Waals surface area contributed by atoms with E-state index < -0.39 is 44.0 Å². The van der Waals surface area contributed by atoms with Gasteiger partial charge in [-0.1, -0.05) is 6.92 Å². The molecule has 0 fully saturated rings. The van der Waals surface area contributed by atoms with E-state index in [1.807, 2.05) is 0 Å². The number of rotatable bonds is 4. The molecular weight excluding hydrogens is 436 g/mol. The topological polar surface area (TPSA) is 64.8 Å². The molecule has 0 spiro atoms. The van der Waals surface area contributed by atoms with Crippen molar-refractivity contribution in [2.45, 2.75) is 24.2 Å². The van der Waals surface area contributed by atoms with Crippen LogP contribution in [-0.4, -0.2) is 28.7 Å². The van der Waals surface area contributed by atoms with E-state index in [1.165, 1.54) is 36.1 Å². The second-order valence-electron chi connectivity index (χ2n) is 6.18. The Morgan fingerprint density at radius 1 is 0.933 bits per heavy atom. The molecule has 2 aromatic heterocycles. The van der Waals surface area contributed by atoms with Gasteiger partial charge in [0, 0.05) is 18.1 Å². The second kappa shape index (κ2) is 7.42. The lowest BCUT2D eigenvalue weighted by Gasteiger charge is -2.11. The summed E-state index contributed by atoms with van der Waals surface area (Å²) in [6, 6.07) is 4.57. The third kappa shape index (κ3) is 4.32. The van der Waals surface area contributed by atoms with E-state index in [0.717, 1.165) is 12.1 Å². The fraction of sp³-hybridized carbons (Fsp3) is 0.222. The number of hydrogen-bond donors (Lipinski definition) is 0. The van der Waals surface area contributed by atoms with Crippen molar-refractivity contribution in [3.05, 3.63) is 60.2 Å². The molecule has 0 bridgehead atoms. The van der Waals surface area contributed by atoms with Gasteiger partial charge in [-0.15, -0.1) is 0 Å². The summed E-state index contributed by atoms with van der Waals surface area (Å²) in [6.45, 7) is 1.28. The molecule has 0 aliphatic carbocycles. The molecule has 0 saturated heterocycles. The van der Waals surface area contributed by atoms with Crippen molar-refractivity contribution in [2.75, 3.05) is 5.75 Å². The maximum Gasteiger partial charge on any atom is 0.417 e.